The zero-order valence-electron chi connectivity index (χ0n) is 23.8. The Morgan fingerprint density at radius 2 is 1.77 bits per heavy atom. The van der Waals surface area contributed by atoms with E-state index in [0.717, 1.165) is 16.8 Å². The zero-order valence-corrected chi connectivity index (χ0v) is 24.7. The van der Waals surface area contributed by atoms with Gasteiger partial charge < -0.3 is 24.8 Å². The van der Waals surface area contributed by atoms with Crippen molar-refractivity contribution in [1.82, 2.24) is 20.2 Å². The molecule has 3 N–H and O–H groups in total. The molecule has 0 amide bonds. The van der Waals surface area contributed by atoms with Crippen LogP contribution in [-0.4, -0.2) is 58.5 Å². The van der Waals surface area contributed by atoms with E-state index in [1.54, 1.807) is 6.21 Å². The minimum Gasteiger partial charge on any atom is -0.406 e. The number of ether oxygens (including phenoxy) is 3. The molecular formula is C30H30F3N7O3S. The predicted molar refractivity (Wildman–Crippen MR) is 165 cm³/mol. The van der Waals surface area contributed by atoms with E-state index in [9.17, 15) is 13.2 Å². The van der Waals surface area contributed by atoms with Gasteiger partial charge in [0.25, 0.3) is 0 Å². The van der Waals surface area contributed by atoms with Gasteiger partial charge in [0.2, 0.25) is 5.95 Å². The Balaban J connectivity index is 1.28. The van der Waals surface area contributed by atoms with Gasteiger partial charge in [0.05, 0.1) is 31.7 Å². The van der Waals surface area contributed by atoms with Gasteiger partial charge in [-0.25, -0.2) is 0 Å². The van der Waals surface area contributed by atoms with E-state index in [0.29, 0.717) is 53.8 Å². The third-order valence-corrected chi connectivity index (χ3v) is 6.61. The molecule has 2 heterocycles. The number of nitrogens with one attached hydrogen (secondary N) is 3. The highest BCUT2D eigenvalue weighted by Crippen LogP contribution is 2.27. The second kappa shape index (κ2) is 13.8. The SMILES string of the molecule is CC(C)c1ccccc1NC(=S)N/N=C/c1ccc(-c2nc(NCC3OCCO3)n(-c3ccc(OC(F)(F)F)cc3)n2)cc1. The van der Waals surface area contributed by atoms with Gasteiger partial charge in [-0.3, -0.25) is 5.43 Å². The van der Waals surface area contributed by atoms with Crippen molar-refractivity contribution in [2.75, 3.05) is 30.4 Å². The van der Waals surface area contributed by atoms with Crippen LogP contribution in [0.25, 0.3) is 17.1 Å². The maximum absolute atomic E-state index is 12.6. The molecule has 1 aliphatic heterocycles. The number of aromatic nitrogens is 3. The lowest BCUT2D eigenvalue weighted by Crippen LogP contribution is -2.24. The first-order valence-corrected chi connectivity index (χ1v) is 14.2. The van der Waals surface area contributed by atoms with Gasteiger partial charge in [-0.05, 0) is 59.6 Å². The maximum Gasteiger partial charge on any atom is 0.573 e. The Kier molecular flexibility index (Phi) is 9.72. The van der Waals surface area contributed by atoms with Crippen molar-refractivity contribution in [3.63, 3.8) is 0 Å². The molecule has 5 rings (SSSR count). The third kappa shape index (κ3) is 8.30. The Hall–Kier alpha value is -4.53. The van der Waals surface area contributed by atoms with E-state index in [2.05, 4.69) is 55.9 Å². The number of para-hydroxylation sites is 1. The average molecular weight is 626 g/mol. The Morgan fingerprint density at radius 1 is 1.07 bits per heavy atom. The van der Waals surface area contributed by atoms with Gasteiger partial charge >= 0.3 is 6.36 Å². The first-order chi connectivity index (χ1) is 21.1. The molecule has 1 saturated heterocycles. The van der Waals surface area contributed by atoms with Crippen LogP contribution in [0.3, 0.4) is 0 Å². The van der Waals surface area contributed by atoms with Crippen LogP contribution in [0.15, 0.2) is 77.9 Å². The summed E-state index contributed by atoms with van der Waals surface area (Å²) in [4.78, 5) is 4.62. The number of halogens is 3. The van der Waals surface area contributed by atoms with Crippen LogP contribution in [0.1, 0.15) is 30.9 Å². The smallest absolute Gasteiger partial charge is 0.406 e. The van der Waals surface area contributed by atoms with Crippen molar-refractivity contribution in [3.8, 4) is 22.8 Å². The molecule has 10 nitrogen and oxygen atoms in total. The van der Waals surface area contributed by atoms with E-state index in [4.69, 9.17) is 21.7 Å². The minimum atomic E-state index is -4.79. The van der Waals surface area contributed by atoms with Gasteiger partial charge in [0, 0.05) is 11.3 Å². The highest BCUT2D eigenvalue weighted by Gasteiger charge is 2.31. The molecule has 4 aromatic rings. The molecule has 1 aromatic heterocycles. The Bertz CT molecular complexity index is 1590. The topological polar surface area (TPSA) is 107 Å². The number of benzene rings is 3. The highest BCUT2D eigenvalue weighted by atomic mass is 32.1. The van der Waals surface area contributed by atoms with Gasteiger partial charge in [-0.1, -0.05) is 56.3 Å². The number of alkyl halides is 3. The van der Waals surface area contributed by atoms with Crippen molar-refractivity contribution < 1.29 is 27.4 Å². The highest BCUT2D eigenvalue weighted by molar-refractivity contribution is 7.80. The second-order valence-corrected chi connectivity index (χ2v) is 10.4. The Labute approximate surface area is 257 Å². The summed E-state index contributed by atoms with van der Waals surface area (Å²) in [5, 5.41) is 15.5. The summed E-state index contributed by atoms with van der Waals surface area (Å²) in [7, 11) is 0. The van der Waals surface area contributed by atoms with Crippen LogP contribution >= 0.6 is 12.2 Å². The standard InChI is InChI=1S/C30H30F3N7O3S/c1-19(2)24-5-3-4-6-25(24)36-29(44)38-35-17-20-7-9-21(10-8-20)27-37-28(34-18-26-41-15-16-42-26)40(39-27)22-11-13-23(14-12-22)43-30(31,32)33/h3-14,17,19,26H,15-16,18H2,1-2H3,(H,34,37,39)(H2,36,38,44)/b35-17+. The van der Waals surface area contributed by atoms with E-state index >= 15 is 0 Å². The number of anilines is 2. The molecule has 44 heavy (non-hydrogen) atoms. The quantitative estimate of drug-likeness (QED) is 0.110. The molecule has 1 aliphatic rings. The monoisotopic (exact) mass is 625 g/mol. The molecule has 1 fully saturated rings. The molecule has 3 aromatic carbocycles. The van der Waals surface area contributed by atoms with Crippen LogP contribution in [0.2, 0.25) is 0 Å². The fourth-order valence-corrected chi connectivity index (χ4v) is 4.53. The number of hydrazone groups is 1. The zero-order chi connectivity index (χ0) is 31.1. The fourth-order valence-electron chi connectivity index (χ4n) is 4.37. The van der Waals surface area contributed by atoms with E-state index in [1.165, 1.54) is 28.9 Å². The van der Waals surface area contributed by atoms with E-state index < -0.39 is 12.7 Å². The molecule has 230 valence electrons. The molecule has 0 atom stereocenters. The molecular weight excluding hydrogens is 595 g/mol. The van der Waals surface area contributed by atoms with Crippen molar-refractivity contribution >= 4 is 35.2 Å². The van der Waals surface area contributed by atoms with Gasteiger partial charge in [-0.15, -0.1) is 18.3 Å². The summed E-state index contributed by atoms with van der Waals surface area (Å²) in [6.45, 7) is 5.51. The van der Waals surface area contributed by atoms with Crippen molar-refractivity contribution in [2.24, 2.45) is 5.10 Å². The van der Waals surface area contributed by atoms with Crippen LogP contribution < -0.4 is 20.8 Å². The lowest BCUT2D eigenvalue weighted by atomic mass is 10.0. The van der Waals surface area contributed by atoms with E-state index in [1.807, 2.05) is 42.5 Å². The summed E-state index contributed by atoms with van der Waals surface area (Å²) in [5.41, 5.74) is 6.91. The molecule has 0 spiro atoms. The summed E-state index contributed by atoms with van der Waals surface area (Å²) >= 11 is 5.39. The summed E-state index contributed by atoms with van der Waals surface area (Å²) < 4.78 is 54.3. The Morgan fingerprint density at radius 3 is 2.45 bits per heavy atom. The number of hydrogen-bond donors (Lipinski definition) is 3. The number of thiocarbonyl (C=S) groups is 1. The van der Waals surface area contributed by atoms with Crippen LogP contribution in [0.5, 0.6) is 5.75 Å². The summed E-state index contributed by atoms with van der Waals surface area (Å²) in [5.74, 6) is 0.753. The minimum absolute atomic E-state index is 0.301. The molecule has 0 bridgehead atoms. The first-order valence-electron chi connectivity index (χ1n) is 13.7. The van der Waals surface area contributed by atoms with Gasteiger partial charge in [0.1, 0.15) is 5.75 Å². The second-order valence-electron chi connectivity index (χ2n) is 9.95. The molecule has 0 aliphatic carbocycles. The van der Waals surface area contributed by atoms with Crippen LogP contribution in [0.4, 0.5) is 24.8 Å². The van der Waals surface area contributed by atoms with E-state index in [-0.39, 0.29) is 5.75 Å². The molecule has 0 saturated carbocycles. The van der Waals surface area contributed by atoms with Crippen molar-refractivity contribution in [2.45, 2.75) is 32.4 Å². The van der Waals surface area contributed by atoms with Gasteiger partial charge in [0.15, 0.2) is 17.2 Å². The lowest BCUT2D eigenvalue weighted by Gasteiger charge is -2.14. The number of hydrogen-bond acceptors (Lipinski definition) is 8. The summed E-state index contributed by atoms with van der Waals surface area (Å²) in [6, 6.07) is 20.7. The van der Waals surface area contributed by atoms with Gasteiger partial charge in [-0.2, -0.15) is 14.8 Å². The molecule has 0 radical (unpaired) electrons. The largest absolute Gasteiger partial charge is 0.573 e. The third-order valence-electron chi connectivity index (χ3n) is 6.42. The number of nitrogens with zero attached hydrogens (tertiary/aromatic N) is 4. The summed E-state index contributed by atoms with van der Waals surface area (Å²) in [6.07, 6.45) is -3.60. The van der Waals surface area contributed by atoms with Crippen LogP contribution in [-0.2, 0) is 9.47 Å². The average Bonchev–Trinajstić information content (AvgIpc) is 3.67. The lowest BCUT2D eigenvalue weighted by molar-refractivity contribution is -0.274. The van der Waals surface area contributed by atoms with Crippen molar-refractivity contribution in [3.05, 3.63) is 83.9 Å². The normalized spacial score (nSPS) is 13.9. The maximum atomic E-state index is 12.6. The first kappa shape index (κ1) is 30.9. The number of rotatable bonds is 10. The fraction of sp³-hybridized carbons (Fsp3) is 0.267. The predicted octanol–water partition coefficient (Wildman–Crippen LogP) is 6.06. The van der Waals surface area contributed by atoms with Crippen LogP contribution in [0, 0.1) is 0 Å². The molecule has 0 unspecified atom stereocenters. The molecule has 14 heteroatoms. The van der Waals surface area contributed by atoms with Crippen molar-refractivity contribution in [1.29, 1.82) is 0 Å².